The van der Waals surface area contributed by atoms with E-state index in [0.717, 1.165) is 11.1 Å². The molecule has 4 nitrogen and oxygen atoms in total. The second-order valence-electron chi connectivity index (χ2n) is 5.73. The largest absolute Gasteiger partial charge is 0.481 e. The molecule has 1 fully saturated rings. The van der Waals surface area contributed by atoms with E-state index in [2.05, 4.69) is 5.32 Å². The Morgan fingerprint density at radius 3 is 2.72 bits per heavy atom. The molecular weight excluding hydrogens is 230 g/mol. The summed E-state index contributed by atoms with van der Waals surface area (Å²) in [7, 11) is 0. The average molecular weight is 245 g/mol. The minimum Gasteiger partial charge on any atom is -0.481 e. The molecule has 2 aliphatic heterocycles. The second-order valence-corrected chi connectivity index (χ2v) is 5.73. The maximum atomic E-state index is 12.1. The molecule has 0 saturated carbocycles. The van der Waals surface area contributed by atoms with Crippen molar-refractivity contribution in [3.63, 3.8) is 0 Å². The van der Waals surface area contributed by atoms with Crippen LogP contribution in [-0.2, 0) is 15.0 Å². The van der Waals surface area contributed by atoms with Gasteiger partial charge in [0.1, 0.15) is 0 Å². The number of fused-ring (bicyclic) bond motifs is 2. The van der Waals surface area contributed by atoms with Crippen molar-refractivity contribution in [2.24, 2.45) is 5.41 Å². The molecule has 1 amide bonds. The van der Waals surface area contributed by atoms with Crippen molar-refractivity contribution in [1.29, 1.82) is 0 Å². The van der Waals surface area contributed by atoms with E-state index >= 15 is 0 Å². The minimum absolute atomic E-state index is 0.0649. The molecular formula is C14H15NO3. The third-order valence-corrected chi connectivity index (χ3v) is 4.49. The van der Waals surface area contributed by atoms with Crippen molar-refractivity contribution in [3.05, 3.63) is 35.4 Å². The Kier molecular flexibility index (Phi) is 1.96. The second kappa shape index (κ2) is 3.13. The van der Waals surface area contributed by atoms with Crippen LogP contribution >= 0.6 is 0 Å². The minimum atomic E-state index is -0.934. The summed E-state index contributed by atoms with van der Waals surface area (Å²) in [4.78, 5) is 23.7. The van der Waals surface area contributed by atoms with Gasteiger partial charge in [-0.2, -0.15) is 0 Å². The van der Waals surface area contributed by atoms with Crippen LogP contribution in [0.25, 0.3) is 0 Å². The molecule has 1 unspecified atom stereocenters. The number of hydrogen-bond donors (Lipinski definition) is 2. The van der Waals surface area contributed by atoms with E-state index < -0.39 is 22.8 Å². The third-order valence-electron chi connectivity index (χ3n) is 4.49. The lowest BCUT2D eigenvalue weighted by Crippen LogP contribution is -2.63. The Morgan fingerprint density at radius 1 is 1.39 bits per heavy atom. The van der Waals surface area contributed by atoms with Crippen LogP contribution in [-0.4, -0.2) is 17.0 Å². The molecule has 2 bridgehead atoms. The van der Waals surface area contributed by atoms with Crippen molar-refractivity contribution < 1.29 is 14.7 Å². The molecule has 18 heavy (non-hydrogen) atoms. The molecule has 4 heteroatoms. The molecule has 1 saturated heterocycles. The summed E-state index contributed by atoms with van der Waals surface area (Å²) in [6, 6.07) is 7.20. The summed E-state index contributed by atoms with van der Waals surface area (Å²) >= 11 is 0. The standard InChI is InChI=1S/C14H15NO3/c1-13-7-14(2,12(17)18)10(15-11(13)16)8-5-3-4-6-9(8)13/h3-6,10H,7H2,1-2H3,(H,15,16)(H,17,18)/t10?,13-,14-/m0/s1. The van der Waals surface area contributed by atoms with E-state index in [9.17, 15) is 14.7 Å². The highest BCUT2D eigenvalue weighted by Gasteiger charge is 2.60. The number of carbonyl (C=O) groups excluding carboxylic acids is 1. The zero-order valence-corrected chi connectivity index (χ0v) is 10.4. The van der Waals surface area contributed by atoms with Gasteiger partial charge in [0.25, 0.3) is 0 Å². The van der Waals surface area contributed by atoms with Crippen LogP contribution in [0.5, 0.6) is 0 Å². The maximum Gasteiger partial charge on any atom is 0.311 e. The molecule has 0 spiro atoms. The first-order valence-corrected chi connectivity index (χ1v) is 6.03. The molecule has 1 aromatic rings. The first-order valence-electron chi connectivity index (χ1n) is 6.03. The van der Waals surface area contributed by atoms with Crippen molar-refractivity contribution >= 4 is 11.9 Å². The molecule has 4 rings (SSSR count). The van der Waals surface area contributed by atoms with E-state index in [1.54, 1.807) is 6.92 Å². The number of carboxylic acids is 1. The van der Waals surface area contributed by atoms with Crippen LogP contribution in [0.4, 0.5) is 0 Å². The average Bonchev–Trinajstić information content (AvgIpc) is 2.32. The number of aliphatic carboxylic acids is 1. The fourth-order valence-corrected chi connectivity index (χ4v) is 3.46. The number of nitrogens with one attached hydrogen (secondary N) is 1. The fourth-order valence-electron chi connectivity index (χ4n) is 3.46. The van der Waals surface area contributed by atoms with E-state index in [0.29, 0.717) is 6.42 Å². The molecule has 3 atom stereocenters. The van der Waals surface area contributed by atoms with Gasteiger partial charge in [0.15, 0.2) is 0 Å². The van der Waals surface area contributed by atoms with Crippen LogP contribution in [0.3, 0.4) is 0 Å². The van der Waals surface area contributed by atoms with Gasteiger partial charge in [-0.3, -0.25) is 9.59 Å². The number of carbonyl (C=O) groups is 2. The topological polar surface area (TPSA) is 66.4 Å². The van der Waals surface area contributed by atoms with E-state index in [4.69, 9.17) is 0 Å². The quantitative estimate of drug-likeness (QED) is 0.790. The first-order chi connectivity index (χ1) is 8.39. The molecule has 3 aliphatic rings. The number of carboxylic acid groups (broad SMARTS) is 1. The van der Waals surface area contributed by atoms with Crippen molar-refractivity contribution in [3.8, 4) is 0 Å². The number of piperidine rings is 1. The summed E-state index contributed by atoms with van der Waals surface area (Å²) in [5.74, 6) is -0.918. The fraction of sp³-hybridized carbons (Fsp3) is 0.429. The molecule has 2 N–H and O–H groups in total. The summed E-state index contributed by atoms with van der Waals surface area (Å²) in [5.41, 5.74) is 0.239. The van der Waals surface area contributed by atoms with Gasteiger partial charge in [-0.15, -0.1) is 0 Å². The van der Waals surface area contributed by atoms with Gasteiger partial charge in [0.2, 0.25) is 5.91 Å². The van der Waals surface area contributed by atoms with Crippen molar-refractivity contribution in [2.75, 3.05) is 0 Å². The Hall–Kier alpha value is -1.84. The molecule has 0 radical (unpaired) electrons. The number of rotatable bonds is 1. The van der Waals surface area contributed by atoms with Crippen LogP contribution in [0.1, 0.15) is 37.4 Å². The van der Waals surface area contributed by atoms with E-state index in [1.807, 2.05) is 31.2 Å². The molecule has 94 valence electrons. The van der Waals surface area contributed by atoms with Gasteiger partial charge in [0.05, 0.1) is 16.9 Å². The molecule has 1 aliphatic carbocycles. The number of hydrogen-bond acceptors (Lipinski definition) is 2. The van der Waals surface area contributed by atoms with E-state index in [1.165, 1.54) is 0 Å². The van der Waals surface area contributed by atoms with Gasteiger partial charge < -0.3 is 10.4 Å². The monoisotopic (exact) mass is 245 g/mol. The summed E-state index contributed by atoms with van der Waals surface area (Å²) in [5, 5.41) is 12.4. The smallest absolute Gasteiger partial charge is 0.311 e. The van der Waals surface area contributed by atoms with E-state index in [-0.39, 0.29) is 5.91 Å². The van der Waals surface area contributed by atoms with Gasteiger partial charge in [0, 0.05) is 0 Å². The zero-order chi connectivity index (χ0) is 13.1. The van der Waals surface area contributed by atoms with Crippen LogP contribution < -0.4 is 5.32 Å². The highest BCUT2D eigenvalue weighted by Crippen LogP contribution is 2.55. The van der Waals surface area contributed by atoms with Crippen LogP contribution in [0, 0.1) is 5.41 Å². The molecule has 1 aromatic carbocycles. The Bertz CT molecular complexity index is 568. The van der Waals surface area contributed by atoms with Gasteiger partial charge in [-0.25, -0.2) is 0 Å². The van der Waals surface area contributed by atoms with Crippen molar-refractivity contribution in [2.45, 2.75) is 31.7 Å². The molecule has 2 heterocycles. The number of benzene rings is 1. The van der Waals surface area contributed by atoms with Crippen LogP contribution in [0.2, 0.25) is 0 Å². The maximum absolute atomic E-state index is 12.1. The number of amides is 1. The lowest BCUT2D eigenvalue weighted by molar-refractivity contribution is -0.158. The lowest BCUT2D eigenvalue weighted by Gasteiger charge is -2.53. The third kappa shape index (κ3) is 1.10. The Balaban J connectivity index is 2.28. The SMILES string of the molecule is C[C@@]12C[C@](C)(C(=O)O)C(NC1=O)c1ccccc12. The Labute approximate surface area is 105 Å². The summed E-state index contributed by atoms with van der Waals surface area (Å²) in [6.07, 6.45) is 0.350. The molecule has 0 aromatic heterocycles. The van der Waals surface area contributed by atoms with Crippen molar-refractivity contribution in [1.82, 2.24) is 5.32 Å². The first kappa shape index (κ1) is 11.3. The lowest BCUT2D eigenvalue weighted by atomic mass is 9.55. The highest BCUT2D eigenvalue weighted by atomic mass is 16.4. The normalized spacial score (nSPS) is 37.0. The van der Waals surface area contributed by atoms with Gasteiger partial charge in [-0.1, -0.05) is 24.3 Å². The van der Waals surface area contributed by atoms with Crippen LogP contribution in [0.15, 0.2) is 24.3 Å². The predicted molar refractivity (Wildman–Crippen MR) is 65.0 cm³/mol. The summed E-state index contributed by atoms with van der Waals surface area (Å²) in [6.45, 7) is 3.55. The Morgan fingerprint density at radius 2 is 2.06 bits per heavy atom. The summed E-state index contributed by atoms with van der Waals surface area (Å²) < 4.78 is 0. The zero-order valence-electron chi connectivity index (χ0n) is 10.4. The predicted octanol–water partition coefficient (Wildman–Crippen LogP) is 1.61. The van der Waals surface area contributed by atoms with Gasteiger partial charge >= 0.3 is 5.97 Å². The highest BCUT2D eigenvalue weighted by molar-refractivity contribution is 5.95. The van der Waals surface area contributed by atoms with Gasteiger partial charge in [-0.05, 0) is 31.4 Å².